The fraction of sp³-hybridized carbons (Fsp3) is 0.621. The van der Waals surface area contributed by atoms with Crippen molar-refractivity contribution in [1.82, 2.24) is 19.8 Å². The molecule has 8 heteroatoms. The van der Waals surface area contributed by atoms with Gasteiger partial charge in [0, 0.05) is 36.4 Å². The van der Waals surface area contributed by atoms with E-state index in [1.807, 2.05) is 33.2 Å². The quantitative estimate of drug-likeness (QED) is 0.588. The van der Waals surface area contributed by atoms with E-state index in [9.17, 15) is 14.7 Å². The van der Waals surface area contributed by atoms with Gasteiger partial charge in [-0.15, -0.1) is 0 Å². The Bertz CT molecular complexity index is 1130. The van der Waals surface area contributed by atoms with Gasteiger partial charge in [-0.2, -0.15) is 0 Å². The average Bonchev–Trinajstić information content (AvgIpc) is 3.48. The topological polar surface area (TPSA) is 96.7 Å². The molecule has 1 aliphatic carbocycles. The number of aromatic nitrogens is 2. The van der Waals surface area contributed by atoms with Gasteiger partial charge in [0.05, 0.1) is 12.0 Å². The van der Waals surface area contributed by atoms with Gasteiger partial charge < -0.3 is 19.7 Å². The Balaban J connectivity index is 1.44. The van der Waals surface area contributed by atoms with Crippen LogP contribution in [0.15, 0.2) is 30.6 Å². The zero-order chi connectivity index (χ0) is 26.2. The molecule has 1 aromatic heterocycles. The van der Waals surface area contributed by atoms with Crippen molar-refractivity contribution < 1.29 is 19.4 Å². The summed E-state index contributed by atoms with van der Waals surface area (Å²) in [5, 5.41) is 13.6. The predicted octanol–water partition coefficient (Wildman–Crippen LogP) is 4.69. The Kier molecular flexibility index (Phi) is 7.30. The number of alkyl carbamates (subject to hydrolysis) is 1. The van der Waals surface area contributed by atoms with Crippen molar-refractivity contribution in [2.24, 2.45) is 5.92 Å². The number of carbonyl (C=O) groups is 2. The third-order valence-corrected chi connectivity index (χ3v) is 8.18. The maximum absolute atomic E-state index is 13.0. The first kappa shape index (κ1) is 25.8. The van der Waals surface area contributed by atoms with Crippen LogP contribution in [0.4, 0.5) is 4.79 Å². The van der Waals surface area contributed by atoms with Crippen molar-refractivity contribution >= 4 is 12.1 Å². The van der Waals surface area contributed by atoms with Crippen LogP contribution in [0.1, 0.15) is 82.2 Å². The molecule has 37 heavy (non-hydrogen) atoms. The van der Waals surface area contributed by atoms with Gasteiger partial charge in [0.1, 0.15) is 11.6 Å². The molecule has 1 saturated heterocycles. The van der Waals surface area contributed by atoms with E-state index < -0.39 is 23.7 Å². The summed E-state index contributed by atoms with van der Waals surface area (Å²) in [5.41, 5.74) is 4.00. The van der Waals surface area contributed by atoms with E-state index >= 15 is 0 Å². The lowest BCUT2D eigenvalue weighted by Gasteiger charge is -2.38. The van der Waals surface area contributed by atoms with Crippen LogP contribution in [-0.4, -0.2) is 62.4 Å². The van der Waals surface area contributed by atoms with Crippen LogP contribution >= 0.6 is 0 Å². The molecule has 2 aliphatic heterocycles. The second-order valence-electron chi connectivity index (χ2n) is 11.9. The zero-order valence-electron chi connectivity index (χ0n) is 22.3. The molecule has 0 spiro atoms. The number of hydrogen-bond donors (Lipinski definition) is 2. The summed E-state index contributed by atoms with van der Waals surface area (Å²) in [6, 6.07) is 7.60. The van der Waals surface area contributed by atoms with Crippen LogP contribution in [0.2, 0.25) is 0 Å². The zero-order valence-corrected chi connectivity index (χ0v) is 22.3. The Hall–Kier alpha value is -2.87. The molecule has 1 saturated carbocycles. The number of nitrogens with zero attached hydrogens (tertiary/aromatic N) is 3. The van der Waals surface area contributed by atoms with Crippen molar-refractivity contribution in [1.29, 1.82) is 0 Å². The molecule has 5 rings (SSSR count). The largest absolute Gasteiger partial charge is 0.480 e. The number of rotatable bonds is 6. The number of carboxylic acids is 1. The Labute approximate surface area is 219 Å². The van der Waals surface area contributed by atoms with E-state index in [2.05, 4.69) is 33.0 Å². The standard InChI is InChI=1S/C29H40N4O4/c1-29(2,3)37-28(36)31-21-15-16-32(17-21)26(27(34)35)24(20-10-5-4-6-11-20)25-23-14-13-19-9-7-8-12-22(19)33(23)18-30-25/h7-9,12,18,20-21,24,26H,4-6,10-11,13-17H2,1-3H3,(H,31,36)(H,34,35)/t21-,24?,26-/m0/s1. The van der Waals surface area contributed by atoms with Gasteiger partial charge in [0.2, 0.25) is 0 Å². The highest BCUT2D eigenvalue weighted by atomic mass is 16.6. The van der Waals surface area contributed by atoms with Gasteiger partial charge in [0.15, 0.2) is 0 Å². The molecule has 1 aromatic carbocycles. The fourth-order valence-electron chi connectivity index (χ4n) is 6.63. The molecule has 1 unspecified atom stereocenters. The molecule has 1 amide bonds. The van der Waals surface area contributed by atoms with E-state index in [0.29, 0.717) is 19.5 Å². The van der Waals surface area contributed by atoms with Gasteiger partial charge >= 0.3 is 12.1 Å². The minimum atomic E-state index is -0.800. The molecule has 2 fully saturated rings. The molecule has 0 bridgehead atoms. The van der Waals surface area contributed by atoms with Gasteiger partial charge in [-0.25, -0.2) is 9.78 Å². The lowest BCUT2D eigenvalue weighted by atomic mass is 9.73. The van der Waals surface area contributed by atoms with Gasteiger partial charge in [-0.05, 0) is 70.4 Å². The summed E-state index contributed by atoms with van der Waals surface area (Å²) in [5.74, 6) is -0.699. The maximum atomic E-state index is 13.0. The number of aryl methyl sites for hydroxylation is 1. The van der Waals surface area contributed by atoms with Gasteiger partial charge in [-0.3, -0.25) is 9.69 Å². The summed E-state index contributed by atoms with van der Waals surface area (Å²) in [6.45, 7) is 6.64. The highest BCUT2D eigenvalue weighted by Gasteiger charge is 2.45. The molecular formula is C29H40N4O4. The highest BCUT2D eigenvalue weighted by molar-refractivity contribution is 5.75. The molecule has 2 N–H and O–H groups in total. The average molecular weight is 509 g/mol. The molecule has 2 aromatic rings. The first-order valence-corrected chi connectivity index (χ1v) is 13.8. The number of benzene rings is 1. The van der Waals surface area contributed by atoms with Crippen molar-refractivity contribution in [2.45, 2.75) is 95.7 Å². The summed E-state index contributed by atoms with van der Waals surface area (Å²) in [6.07, 6.45) is 9.50. The normalized spacial score (nSPS) is 22.1. The van der Waals surface area contributed by atoms with E-state index in [-0.39, 0.29) is 17.9 Å². The van der Waals surface area contributed by atoms with E-state index in [0.717, 1.165) is 55.6 Å². The van der Waals surface area contributed by atoms with Crippen molar-refractivity contribution in [2.75, 3.05) is 13.1 Å². The number of imidazole rings is 1. The van der Waals surface area contributed by atoms with E-state index in [1.165, 1.54) is 12.0 Å². The molecule has 200 valence electrons. The van der Waals surface area contributed by atoms with Crippen LogP contribution < -0.4 is 5.32 Å². The van der Waals surface area contributed by atoms with E-state index in [4.69, 9.17) is 9.72 Å². The van der Waals surface area contributed by atoms with Crippen LogP contribution in [-0.2, 0) is 22.4 Å². The lowest BCUT2D eigenvalue weighted by molar-refractivity contribution is -0.144. The highest BCUT2D eigenvalue weighted by Crippen LogP contribution is 2.42. The number of nitrogens with one attached hydrogen (secondary N) is 1. The van der Waals surface area contributed by atoms with Crippen molar-refractivity contribution in [3.8, 4) is 5.69 Å². The first-order chi connectivity index (χ1) is 17.7. The molecular weight excluding hydrogens is 468 g/mol. The summed E-state index contributed by atoms with van der Waals surface area (Å²) in [4.78, 5) is 32.3. The number of para-hydroxylation sites is 1. The third-order valence-electron chi connectivity index (χ3n) is 8.18. The fourth-order valence-corrected chi connectivity index (χ4v) is 6.63. The number of likely N-dealkylation sites (tertiary alicyclic amines) is 1. The molecule has 3 atom stereocenters. The van der Waals surface area contributed by atoms with E-state index in [1.54, 1.807) is 0 Å². The number of ether oxygens (including phenoxy) is 1. The van der Waals surface area contributed by atoms with Crippen LogP contribution in [0.25, 0.3) is 5.69 Å². The monoisotopic (exact) mass is 508 g/mol. The maximum Gasteiger partial charge on any atom is 0.407 e. The number of carbonyl (C=O) groups excluding carboxylic acids is 1. The number of hydrogen-bond acceptors (Lipinski definition) is 5. The second-order valence-corrected chi connectivity index (χ2v) is 11.9. The predicted molar refractivity (Wildman–Crippen MR) is 141 cm³/mol. The summed E-state index contributed by atoms with van der Waals surface area (Å²) in [7, 11) is 0. The minimum Gasteiger partial charge on any atom is -0.480 e. The number of fused-ring (bicyclic) bond motifs is 3. The second kappa shape index (κ2) is 10.5. The third kappa shape index (κ3) is 5.54. The smallest absolute Gasteiger partial charge is 0.407 e. The van der Waals surface area contributed by atoms with Gasteiger partial charge in [0.25, 0.3) is 0 Å². The summed E-state index contributed by atoms with van der Waals surface area (Å²) < 4.78 is 7.62. The Morgan fingerprint density at radius 1 is 1.11 bits per heavy atom. The van der Waals surface area contributed by atoms with Crippen molar-refractivity contribution in [3.05, 3.63) is 47.5 Å². The Morgan fingerprint density at radius 3 is 2.59 bits per heavy atom. The minimum absolute atomic E-state index is 0.133. The SMILES string of the molecule is CC(C)(C)OC(=O)N[C@H]1CCN([C@H](C(=O)O)C(c2ncn3c2CCc2ccccc2-3)C2CCCCC2)C1. The van der Waals surface area contributed by atoms with Crippen LogP contribution in [0.5, 0.6) is 0 Å². The molecule has 3 heterocycles. The lowest BCUT2D eigenvalue weighted by Crippen LogP contribution is -2.48. The number of amides is 1. The van der Waals surface area contributed by atoms with Crippen LogP contribution in [0.3, 0.4) is 0 Å². The van der Waals surface area contributed by atoms with Gasteiger partial charge in [-0.1, -0.05) is 37.5 Å². The number of aliphatic carboxylic acids is 1. The molecule has 3 aliphatic rings. The molecule has 0 radical (unpaired) electrons. The first-order valence-electron chi connectivity index (χ1n) is 13.8. The van der Waals surface area contributed by atoms with Crippen molar-refractivity contribution in [3.63, 3.8) is 0 Å². The molecule has 8 nitrogen and oxygen atoms in total. The van der Waals surface area contributed by atoms with Crippen LogP contribution in [0, 0.1) is 5.92 Å². The Morgan fingerprint density at radius 2 is 1.86 bits per heavy atom. The number of carboxylic acid groups (broad SMARTS) is 1. The summed E-state index contributed by atoms with van der Waals surface area (Å²) >= 11 is 0.